The number of piperazine rings is 1. The van der Waals surface area contributed by atoms with Gasteiger partial charge in [-0.3, -0.25) is 24.7 Å². The van der Waals surface area contributed by atoms with Gasteiger partial charge in [-0.05, 0) is 45.0 Å². The molecule has 1 aromatic rings. The van der Waals surface area contributed by atoms with Crippen molar-refractivity contribution in [1.29, 1.82) is 0 Å². The van der Waals surface area contributed by atoms with Crippen molar-refractivity contribution in [1.82, 2.24) is 15.1 Å². The van der Waals surface area contributed by atoms with Crippen molar-refractivity contribution in [3.63, 3.8) is 0 Å². The Balaban J connectivity index is 1.92. The van der Waals surface area contributed by atoms with Crippen molar-refractivity contribution in [2.24, 2.45) is 5.41 Å². The molecule has 2 atom stereocenters. The number of fused-ring (bicyclic) bond motifs is 4. The summed E-state index contributed by atoms with van der Waals surface area (Å²) in [7, 11) is 0. The Morgan fingerprint density at radius 3 is 2.59 bits per heavy atom. The lowest BCUT2D eigenvalue weighted by atomic mass is 9.67. The van der Waals surface area contributed by atoms with Crippen LogP contribution in [0.4, 0.5) is 10.5 Å². The number of nitrogens with one attached hydrogen (secondary N) is 1. The minimum Gasteiger partial charge on any atom is -0.364 e. The van der Waals surface area contributed by atoms with Crippen LogP contribution in [0.5, 0.6) is 0 Å². The third-order valence-corrected chi connectivity index (χ3v) is 6.78. The minimum atomic E-state index is -1.40. The Bertz CT molecular complexity index is 896. The Morgan fingerprint density at radius 1 is 1.21 bits per heavy atom. The molecule has 0 aliphatic carbocycles. The number of amides is 4. The van der Waals surface area contributed by atoms with E-state index < -0.39 is 28.8 Å². The molecule has 2 fully saturated rings. The van der Waals surface area contributed by atoms with Crippen molar-refractivity contribution in [3.05, 3.63) is 28.8 Å². The fourth-order valence-corrected chi connectivity index (χ4v) is 5.17. The Labute approximate surface area is 176 Å². The maximum absolute atomic E-state index is 13.9. The number of likely N-dealkylation sites (N-methyl/N-ethyl adjacent to an activating group) is 1. The van der Waals surface area contributed by atoms with E-state index in [9.17, 15) is 14.4 Å². The van der Waals surface area contributed by atoms with E-state index in [-0.39, 0.29) is 12.5 Å². The summed E-state index contributed by atoms with van der Waals surface area (Å²) in [4.78, 5) is 45.5. The van der Waals surface area contributed by atoms with Gasteiger partial charge in [0.05, 0.1) is 6.04 Å². The molecule has 0 bridgehead atoms. The van der Waals surface area contributed by atoms with E-state index in [0.717, 1.165) is 24.3 Å². The number of carbonyl (C=O) groups is 3. The second kappa shape index (κ2) is 6.71. The highest BCUT2D eigenvalue weighted by Crippen LogP contribution is 2.48. The first-order chi connectivity index (χ1) is 13.6. The van der Waals surface area contributed by atoms with E-state index in [4.69, 9.17) is 11.6 Å². The summed E-state index contributed by atoms with van der Waals surface area (Å²) in [5, 5.41) is 3.02. The maximum Gasteiger partial charge on any atom is 0.331 e. The van der Waals surface area contributed by atoms with Gasteiger partial charge in [0.1, 0.15) is 0 Å². The second-order valence-electron chi connectivity index (χ2n) is 9.06. The molecule has 0 saturated carbocycles. The number of hydrogen-bond acceptors (Lipinski definition) is 5. The molecular formula is C21H27ClN4O3. The maximum atomic E-state index is 13.9. The van der Waals surface area contributed by atoms with Gasteiger partial charge in [-0.1, -0.05) is 24.6 Å². The minimum absolute atomic E-state index is 0.186. The fraction of sp³-hybridized carbons (Fsp3) is 0.571. The molecule has 1 aromatic carbocycles. The molecule has 0 aromatic heterocycles. The summed E-state index contributed by atoms with van der Waals surface area (Å²) >= 11 is 6.52. The first-order valence-corrected chi connectivity index (χ1v) is 10.5. The molecule has 3 heterocycles. The van der Waals surface area contributed by atoms with E-state index in [1.807, 2.05) is 12.1 Å². The van der Waals surface area contributed by atoms with E-state index in [1.165, 1.54) is 4.90 Å². The van der Waals surface area contributed by atoms with Crippen LogP contribution in [0.1, 0.15) is 33.3 Å². The highest BCUT2D eigenvalue weighted by molar-refractivity contribution is 6.32. The number of barbiturate groups is 1. The van der Waals surface area contributed by atoms with Crippen molar-refractivity contribution >= 4 is 35.1 Å². The van der Waals surface area contributed by atoms with Crippen LogP contribution in [0.3, 0.4) is 0 Å². The van der Waals surface area contributed by atoms with Crippen molar-refractivity contribution in [2.45, 2.75) is 45.7 Å². The normalized spacial score (nSPS) is 27.8. The van der Waals surface area contributed by atoms with Crippen LogP contribution in [0.2, 0.25) is 5.02 Å². The zero-order valence-electron chi connectivity index (χ0n) is 17.3. The summed E-state index contributed by atoms with van der Waals surface area (Å²) in [6.45, 7) is 10.4. The molecule has 7 nitrogen and oxygen atoms in total. The fourth-order valence-electron chi connectivity index (χ4n) is 4.94. The number of carbonyl (C=O) groups excluding carboxylic acids is 3. The summed E-state index contributed by atoms with van der Waals surface area (Å²) in [5.74, 6) is -0.955. The summed E-state index contributed by atoms with van der Waals surface area (Å²) in [6.07, 6.45) is 0.186. The largest absolute Gasteiger partial charge is 0.364 e. The van der Waals surface area contributed by atoms with Gasteiger partial charge >= 0.3 is 6.03 Å². The number of benzene rings is 1. The SMILES string of the molecule is CCN1CCN2c3cccc(Cl)c3C[C@@]3(C(=O)NC(=O)N(C(C)(C)C)C3=O)[C@@H]2C1. The van der Waals surface area contributed by atoms with Gasteiger partial charge in [-0.25, -0.2) is 4.79 Å². The molecule has 2 saturated heterocycles. The molecule has 4 amide bonds. The lowest BCUT2D eigenvalue weighted by Gasteiger charge is -2.56. The predicted octanol–water partition coefficient (Wildman–Crippen LogP) is 2.27. The van der Waals surface area contributed by atoms with Crippen LogP contribution in [-0.4, -0.2) is 65.4 Å². The molecule has 1 N–H and O–H groups in total. The van der Waals surface area contributed by atoms with Gasteiger partial charge in [0.15, 0.2) is 5.41 Å². The molecule has 0 radical (unpaired) electrons. The molecule has 156 valence electrons. The highest BCUT2D eigenvalue weighted by atomic mass is 35.5. The van der Waals surface area contributed by atoms with Crippen molar-refractivity contribution in [2.75, 3.05) is 31.1 Å². The standard InChI is InChI=1S/C21H27ClN4O3/c1-5-24-9-10-25-15-8-6-7-14(22)13(15)11-21(16(25)12-24)17(27)23-19(29)26(18(21)28)20(2,3)4/h6-8,16H,5,9-12H2,1-4H3,(H,23,27,29)/t16-,21-/m0/s1. The molecule has 29 heavy (non-hydrogen) atoms. The molecule has 1 spiro atoms. The lowest BCUT2D eigenvalue weighted by molar-refractivity contribution is -0.157. The van der Waals surface area contributed by atoms with E-state index in [0.29, 0.717) is 18.1 Å². The van der Waals surface area contributed by atoms with Crippen LogP contribution in [0, 0.1) is 5.41 Å². The quantitative estimate of drug-likeness (QED) is 0.708. The molecule has 4 rings (SSSR count). The lowest BCUT2D eigenvalue weighted by Crippen LogP contribution is -2.76. The number of anilines is 1. The number of urea groups is 1. The monoisotopic (exact) mass is 418 g/mol. The van der Waals surface area contributed by atoms with Gasteiger partial charge < -0.3 is 4.90 Å². The first-order valence-electron chi connectivity index (χ1n) is 10.1. The van der Waals surface area contributed by atoms with Gasteiger partial charge in [-0.2, -0.15) is 0 Å². The molecule has 3 aliphatic heterocycles. The second-order valence-corrected chi connectivity index (χ2v) is 9.47. The van der Waals surface area contributed by atoms with Gasteiger partial charge in [0.25, 0.3) is 0 Å². The molecule has 0 unspecified atom stereocenters. The van der Waals surface area contributed by atoms with Crippen LogP contribution in [-0.2, 0) is 16.0 Å². The summed E-state index contributed by atoms with van der Waals surface area (Å²) < 4.78 is 0. The van der Waals surface area contributed by atoms with Crippen LogP contribution >= 0.6 is 11.6 Å². The van der Waals surface area contributed by atoms with Gasteiger partial charge in [-0.15, -0.1) is 0 Å². The van der Waals surface area contributed by atoms with Crippen molar-refractivity contribution in [3.8, 4) is 0 Å². The average Bonchev–Trinajstić information content (AvgIpc) is 2.65. The molecular weight excluding hydrogens is 392 g/mol. The summed E-state index contributed by atoms with van der Waals surface area (Å²) in [5.41, 5.74) is -0.377. The molecule has 3 aliphatic rings. The van der Waals surface area contributed by atoms with E-state index in [1.54, 1.807) is 26.8 Å². The predicted molar refractivity (Wildman–Crippen MR) is 111 cm³/mol. The Morgan fingerprint density at radius 2 is 1.93 bits per heavy atom. The highest BCUT2D eigenvalue weighted by Gasteiger charge is 2.64. The first kappa shape index (κ1) is 20.2. The van der Waals surface area contributed by atoms with Gasteiger partial charge in [0, 0.05) is 42.3 Å². The number of halogens is 1. The zero-order chi connectivity index (χ0) is 21.1. The Hall–Kier alpha value is -2.12. The number of hydrogen-bond donors (Lipinski definition) is 1. The van der Waals surface area contributed by atoms with Crippen LogP contribution in [0.25, 0.3) is 0 Å². The summed E-state index contributed by atoms with van der Waals surface area (Å²) in [6, 6.07) is 4.66. The van der Waals surface area contributed by atoms with Gasteiger partial charge in [0.2, 0.25) is 11.8 Å². The average molecular weight is 419 g/mol. The molecule has 8 heteroatoms. The number of imide groups is 2. The topological polar surface area (TPSA) is 73.0 Å². The zero-order valence-corrected chi connectivity index (χ0v) is 18.0. The number of nitrogens with zero attached hydrogens (tertiary/aromatic N) is 3. The third kappa shape index (κ3) is 2.86. The Kier molecular flexibility index (Phi) is 4.66. The van der Waals surface area contributed by atoms with E-state index >= 15 is 0 Å². The van der Waals surface area contributed by atoms with Crippen molar-refractivity contribution < 1.29 is 14.4 Å². The van der Waals surface area contributed by atoms with E-state index in [2.05, 4.69) is 22.0 Å². The van der Waals surface area contributed by atoms with Crippen LogP contribution < -0.4 is 10.2 Å². The van der Waals surface area contributed by atoms with Crippen LogP contribution in [0.15, 0.2) is 18.2 Å². The third-order valence-electron chi connectivity index (χ3n) is 6.42. The smallest absolute Gasteiger partial charge is 0.331 e. The number of rotatable bonds is 1.